The van der Waals surface area contributed by atoms with Gasteiger partial charge in [0.2, 0.25) is 0 Å². The van der Waals surface area contributed by atoms with Crippen molar-refractivity contribution in [2.45, 2.75) is 58.9 Å². The molecule has 1 N–H and O–H groups in total. The summed E-state index contributed by atoms with van der Waals surface area (Å²) in [7, 11) is 0. The first kappa shape index (κ1) is 13.7. The molecule has 1 aromatic rings. The highest BCUT2D eigenvalue weighted by Gasteiger charge is 2.39. The van der Waals surface area contributed by atoms with Gasteiger partial charge in [-0.05, 0) is 49.3 Å². The average Bonchev–Trinajstić information content (AvgIpc) is 2.93. The van der Waals surface area contributed by atoms with Gasteiger partial charge in [0.05, 0.1) is 6.26 Å². The van der Waals surface area contributed by atoms with Gasteiger partial charge in [0.1, 0.15) is 5.76 Å². The molecule has 0 aliphatic heterocycles. The van der Waals surface area contributed by atoms with Crippen LogP contribution in [-0.4, -0.2) is 12.6 Å². The third-order valence-corrected chi connectivity index (χ3v) is 4.48. The molecule has 1 heterocycles. The predicted molar refractivity (Wildman–Crippen MR) is 75.6 cm³/mol. The standard InChI is InChI=1S/C16H27NO/c1-4-10-17-15(12-13-7-6-11-18-13)14-8-5-9-16(14,2)3/h6-7,11,14-15,17H,4-5,8-10,12H2,1-3H3. The lowest BCUT2D eigenvalue weighted by Gasteiger charge is -2.34. The van der Waals surface area contributed by atoms with Crippen molar-refractivity contribution in [1.29, 1.82) is 0 Å². The summed E-state index contributed by atoms with van der Waals surface area (Å²) in [5.74, 6) is 1.89. The molecule has 2 nitrogen and oxygen atoms in total. The van der Waals surface area contributed by atoms with E-state index in [0.717, 1.165) is 24.6 Å². The molecule has 0 bridgehead atoms. The summed E-state index contributed by atoms with van der Waals surface area (Å²) in [6.07, 6.45) is 8.10. The Labute approximate surface area is 111 Å². The highest BCUT2D eigenvalue weighted by atomic mass is 16.3. The smallest absolute Gasteiger partial charge is 0.105 e. The van der Waals surface area contributed by atoms with Gasteiger partial charge in [-0.2, -0.15) is 0 Å². The zero-order valence-electron chi connectivity index (χ0n) is 12.0. The van der Waals surface area contributed by atoms with Gasteiger partial charge in [-0.3, -0.25) is 0 Å². The van der Waals surface area contributed by atoms with Crippen molar-refractivity contribution in [2.75, 3.05) is 6.54 Å². The Morgan fingerprint density at radius 3 is 2.89 bits per heavy atom. The molecule has 1 aliphatic carbocycles. The Bertz CT molecular complexity index is 342. The molecule has 0 spiro atoms. The van der Waals surface area contributed by atoms with Crippen LogP contribution in [0.5, 0.6) is 0 Å². The minimum absolute atomic E-state index is 0.470. The number of rotatable bonds is 6. The molecule has 102 valence electrons. The monoisotopic (exact) mass is 249 g/mol. The van der Waals surface area contributed by atoms with Crippen LogP contribution in [-0.2, 0) is 6.42 Å². The van der Waals surface area contributed by atoms with Gasteiger partial charge in [0, 0.05) is 12.5 Å². The SMILES string of the molecule is CCCNC(Cc1ccco1)C1CCCC1(C)C. The van der Waals surface area contributed by atoms with Gasteiger partial charge < -0.3 is 9.73 Å². The average molecular weight is 249 g/mol. The number of nitrogens with one attached hydrogen (secondary N) is 1. The van der Waals surface area contributed by atoms with Crippen LogP contribution in [0.1, 0.15) is 52.2 Å². The first-order valence-electron chi connectivity index (χ1n) is 7.39. The minimum atomic E-state index is 0.470. The summed E-state index contributed by atoms with van der Waals surface area (Å²) in [4.78, 5) is 0. The Morgan fingerprint density at radius 1 is 1.50 bits per heavy atom. The molecular weight excluding hydrogens is 222 g/mol. The Hall–Kier alpha value is -0.760. The van der Waals surface area contributed by atoms with Gasteiger partial charge >= 0.3 is 0 Å². The lowest BCUT2D eigenvalue weighted by molar-refractivity contribution is 0.191. The molecule has 0 amide bonds. The fourth-order valence-electron chi connectivity index (χ4n) is 3.43. The summed E-state index contributed by atoms with van der Waals surface area (Å²) < 4.78 is 5.53. The summed E-state index contributed by atoms with van der Waals surface area (Å²) in [5.41, 5.74) is 0.470. The van der Waals surface area contributed by atoms with E-state index in [1.165, 1.54) is 25.7 Å². The van der Waals surface area contributed by atoms with Crippen LogP contribution in [0.2, 0.25) is 0 Å². The molecule has 18 heavy (non-hydrogen) atoms. The minimum Gasteiger partial charge on any atom is -0.469 e. The van der Waals surface area contributed by atoms with Crippen molar-refractivity contribution in [3.8, 4) is 0 Å². The van der Waals surface area contributed by atoms with Crippen molar-refractivity contribution in [1.82, 2.24) is 5.32 Å². The van der Waals surface area contributed by atoms with Gasteiger partial charge in [-0.1, -0.05) is 27.2 Å². The molecular formula is C16H27NO. The second-order valence-corrected chi connectivity index (χ2v) is 6.33. The zero-order valence-corrected chi connectivity index (χ0v) is 12.0. The van der Waals surface area contributed by atoms with Crippen LogP contribution < -0.4 is 5.32 Å². The van der Waals surface area contributed by atoms with Crippen LogP contribution in [0.15, 0.2) is 22.8 Å². The van der Waals surface area contributed by atoms with E-state index in [-0.39, 0.29) is 0 Å². The highest BCUT2D eigenvalue weighted by molar-refractivity contribution is 5.03. The number of hydrogen-bond acceptors (Lipinski definition) is 2. The van der Waals surface area contributed by atoms with E-state index in [9.17, 15) is 0 Å². The third kappa shape index (κ3) is 3.17. The molecule has 2 rings (SSSR count). The molecule has 2 atom stereocenters. The molecule has 1 aliphatic rings. The van der Waals surface area contributed by atoms with Crippen LogP contribution in [0, 0.1) is 11.3 Å². The van der Waals surface area contributed by atoms with E-state index in [2.05, 4.69) is 32.2 Å². The van der Waals surface area contributed by atoms with Gasteiger partial charge in [0.15, 0.2) is 0 Å². The number of hydrogen-bond donors (Lipinski definition) is 1. The maximum Gasteiger partial charge on any atom is 0.105 e. The summed E-state index contributed by atoms with van der Waals surface area (Å²) in [6, 6.07) is 4.66. The Morgan fingerprint density at radius 2 is 2.33 bits per heavy atom. The molecule has 2 heteroatoms. The highest BCUT2D eigenvalue weighted by Crippen LogP contribution is 2.44. The van der Waals surface area contributed by atoms with E-state index in [4.69, 9.17) is 4.42 Å². The van der Waals surface area contributed by atoms with Crippen LogP contribution in [0.4, 0.5) is 0 Å². The van der Waals surface area contributed by atoms with Gasteiger partial charge in [0.25, 0.3) is 0 Å². The first-order valence-corrected chi connectivity index (χ1v) is 7.39. The fourth-order valence-corrected chi connectivity index (χ4v) is 3.43. The first-order chi connectivity index (χ1) is 8.63. The summed E-state index contributed by atoms with van der Waals surface area (Å²) >= 11 is 0. The van der Waals surface area contributed by atoms with Crippen molar-refractivity contribution in [2.24, 2.45) is 11.3 Å². The molecule has 1 saturated carbocycles. The van der Waals surface area contributed by atoms with Gasteiger partial charge in [-0.25, -0.2) is 0 Å². The Kier molecular flexibility index (Phi) is 4.50. The van der Waals surface area contributed by atoms with E-state index in [0.29, 0.717) is 11.5 Å². The molecule has 0 saturated heterocycles. The zero-order chi connectivity index (χ0) is 13.0. The van der Waals surface area contributed by atoms with Crippen molar-refractivity contribution in [3.63, 3.8) is 0 Å². The van der Waals surface area contributed by atoms with Crippen LogP contribution in [0.25, 0.3) is 0 Å². The fraction of sp³-hybridized carbons (Fsp3) is 0.750. The maximum atomic E-state index is 5.53. The summed E-state index contributed by atoms with van der Waals surface area (Å²) in [6.45, 7) is 8.19. The van der Waals surface area contributed by atoms with E-state index in [1.807, 2.05) is 6.07 Å². The number of furan rings is 1. The molecule has 2 unspecified atom stereocenters. The second kappa shape index (κ2) is 5.92. The van der Waals surface area contributed by atoms with Crippen LogP contribution in [0.3, 0.4) is 0 Å². The molecule has 1 fully saturated rings. The largest absolute Gasteiger partial charge is 0.469 e. The lowest BCUT2D eigenvalue weighted by atomic mass is 9.76. The topological polar surface area (TPSA) is 25.2 Å². The quantitative estimate of drug-likeness (QED) is 0.824. The van der Waals surface area contributed by atoms with E-state index in [1.54, 1.807) is 6.26 Å². The normalized spacial score (nSPS) is 24.3. The molecule has 1 aromatic heterocycles. The van der Waals surface area contributed by atoms with E-state index < -0.39 is 0 Å². The van der Waals surface area contributed by atoms with Crippen LogP contribution >= 0.6 is 0 Å². The van der Waals surface area contributed by atoms with E-state index >= 15 is 0 Å². The maximum absolute atomic E-state index is 5.53. The third-order valence-electron chi connectivity index (χ3n) is 4.48. The van der Waals surface area contributed by atoms with Crippen molar-refractivity contribution in [3.05, 3.63) is 24.2 Å². The molecule has 0 aromatic carbocycles. The van der Waals surface area contributed by atoms with Crippen molar-refractivity contribution < 1.29 is 4.42 Å². The second-order valence-electron chi connectivity index (χ2n) is 6.33. The Balaban J connectivity index is 2.04. The van der Waals surface area contributed by atoms with Crippen molar-refractivity contribution >= 4 is 0 Å². The predicted octanol–water partition coefficient (Wildman–Crippen LogP) is 4.02. The lowest BCUT2D eigenvalue weighted by Crippen LogP contribution is -2.42. The summed E-state index contributed by atoms with van der Waals surface area (Å²) in [5, 5.41) is 3.75. The molecule has 0 radical (unpaired) electrons. The van der Waals surface area contributed by atoms with Gasteiger partial charge in [-0.15, -0.1) is 0 Å².